The molecule has 0 spiro atoms. The Balaban J connectivity index is 1.75. The molecule has 1 aromatic heterocycles. The van der Waals surface area contributed by atoms with Crippen LogP contribution in [0.25, 0.3) is 10.2 Å². The van der Waals surface area contributed by atoms with Crippen LogP contribution >= 0.6 is 11.3 Å². The number of carbonyl (C=O) groups is 2. The highest BCUT2D eigenvalue weighted by Crippen LogP contribution is 2.28. The molecule has 1 heterocycles. The van der Waals surface area contributed by atoms with Gasteiger partial charge in [-0.25, -0.2) is 4.98 Å². The van der Waals surface area contributed by atoms with E-state index in [-0.39, 0.29) is 12.3 Å². The third kappa shape index (κ3) is 5.52. The maximum atomic E-state index is 11.9. The number of unbranched alkanes of at least 4 members (excludes halogenated alkanes) is 2. The molecule has 2 N–H and O–H groups in total. The predicted octanol–water partition coefficient (Wildman–Crippen LogP) is 2.61. The molecule has 0 fully saturated rings. The molecule has 23 heavy (non-hydrogen) atoms. The van der Waals surface area contributed by atoms with E-state index in [4.69, 9.17) is 9.84 Å². The molecule has 0 atom stereocenters. The van der Waals surface area contributed by atoms with E-state index in [0.717, 1.165) is 28.6 Å². The summed E-state index contributed by atoms with van der Waals surface area (Å²) in [6, 6.07) is 5.75. The Morgan fingerprint density at radius 2 is 2.13 bits per heavy atom. The highest BCUT2D eigenvalue weighted by molar-refractivity contribution is 7.20. The molecular formula is C16H20N2O4S. The van der Waals surface area contributed by atoms with E-state index in [1.165, 1.54) is 11.3 Å². The molecule has 2 rings (SSSR count). The lowest BCUT2D eigenvalue weighted by atomic mass is 10.1. The minimum absolute atomic E-state index is 0.0286. The van der Waals surface area contributed by atoms with Crippen molar-refractivity contribution in [2.45, 2.75) is 32.1 Å². The van der Waals surface area contributed by atoms with Crippen LogP contribution in [0, 0.1) is 0 Å². The number of amides is 1. The van der Waals surface area contributed by atoms with E-state index in [1.807, 2.05) is 18.2 Å². The Hall–Kier alpha value is -2.15. The Morgan fingerprint density at radius 3 is 2.87 bits per heavy atom. The monoisotopic (exact) mass is 336 g/mol. The first-order valence-corrected chi connectivity index (χ1v) is 8.32. The average Bonchev–Trinajstić information content (AvgIpc) is 2.92. The number of aliphatic carboxylic acids is 1. The van der Waals surface area contributed by atoms with Gasteiger partial charge in [0.25, 0.3) is 5.19 Å². The topological polar surface area (TPSA) is 88.5 Å². The molecule has 0 saturated heterocycles. The van der Waals surface area contributed by atoms with Crippen molar-refractivity contribution in [1.82, 2.24) is 10.3 Å². The van der Waals surface area contributed by atoms with Gasteiger partial charge in [0.2, 0.25) is 5.91 Å². The van der Waals surface area contributed by atoms with Crippen molar-refractivity contribution >= 4 is 33.4 Å². The summed E-state index contributed by atoms with van der Waals surface area (Å²) in [5.74, 6) is -0.803. The quantitative estimate of drug-likeness (QED) is 0.687. The molecule has 2 aromatic rings. The van der Waals surface area contributed by atoms with Gasteiger partial charge >= 0.3 is 5.97 Å². The summed E-state index contributed by atoms with van der Waals surface area (Å²) in [6.45, 7) is 0.578. The van der Waals surface area contributed by atoms with Gasteiger partial charge in [0, 0.05) is 13.0 Å². The fourth-order valence-electron chi connectivity index (χ4n) is 2.20. The van der Waals surface area contributed by atoms with E-state index in [0.29, 0.717) is 24.6 Å². The van der Waals surface area contributed by atoms with E-state index >= 15 is 0 Å². The van der Waals surface area contributed by atoms with E-state index < -0.39 is 5.97 Å². The largest absolute Gasteiger partial charge is 0.481 e. The first kappa shape index (κ1) is 17.2. The lowest BCUT2D eigenvalue weighted by molar-refractivity contribution is -0.137. The first-order chi connectivity index (χ1) is 11.1. The van der Waals surface area contributed by atoms with Gasteiger partial charge in [-0.15, -0.1) is 0 Å². The van der Waals surface area contributed by atoms with Gasteiger partial charge in [0.1, 0.15) is 0 Å². The number of nitrogens with one attached hydrogen (secondary N) is 1. The van der Waals surface area contributed by atoms with Gasteiger partial charge in [0.15, 0.2) is 0 Å². The van der Waals surface area contributed by atoms with Crippen molar-refractivity contribution in [2.75, 3.05) is 13.7 Å². The predicted molar refractivity (Wildman–Crippen MR) is 89.0 cm³/mol. The summed E-state index contributed by atoms with van der Waals surface area (Å²) in [5, 5.41) is 12.0. The van der Waals surface area contributed by atoms with Crippen LogP contribution in [0.2, 0.25) is 0 Å². The van der Waals surface area contributed by atoms with Crippen molar-refractivity contribution in [1.29, 1.82) is 0 Å². The van der Waals surface area contributed by atoms with E-state index in [2.05, 4.69) is 10.3 Å². The minimum Gasteiger partial charge on any atom is -0.481 e. The van der Waals surface area contributed by atoms with Crippen molar-refractivity contribution < 1.29 is 19.4 Å². The lowest BCUT2D eigenvalue weighted by Crippen LogP contribution is -2.26. The highest BCUT2D eigenvalue weighted by Gasteiger charge is 2.07. The number of hydrogen-bond donors (Lipinski definition) is 2. The summed E-state index contributed by atoms with van der Waals surface area (Å²) in [4.78, 5) is 26.6. The Kier molecular flexibility index (Phi) is 6.34. The van der Waals surface area contributed by atoms with Crippen molar-refractivity contribution in [3.05, 3.63) is 23.8 Å². The molecule has 0 bridgehead atoms. The van der Waals surface area contributed by atoms with Crippen LogP contribution in [0.4, 0.5) is 0 Å². The molecule has 0 saturated carbocycles. The normalized spacial score (nSPS) is 10.7. The fraction of sp³-hybridized carbons (Fsp3) is 0.438. The van der Waals surface area contributed by atoms with Crippen LogP contribution in [-0.4, -0.2) is 35.6 Å². The van der Waals surface area contributed by atoms with Crippen LogP contribution in [0.5, 0.6) is 5.19 Å². The van der Waals surface area contributed by atoms with Crippen LogP contribution in [0.15, 0.2) is 18.2 Å². The zero-order chi connectivity index (χ0) is 16.7. The van der Waals surface area contributed by atoms with E-state index in [9.17, 15) is 9.59 Å². The lowest BCUT2D eigenvalue weighted by Gasteiger charge is -2.05. The molecule has 1 amide bonds. The summed E-state index contributed by atoms with van der Waals surface area (Å²) in [6.07, 6.45) is 2.76. The number of hydrogen-bond acceptors (Lipinski definition) is 5. The maximum absolute atomic E-state index is 11.9. The third-order valence-electron chi connectivity index (χ3n) is 3.36. The Labute approximate surface area is 138 Å². The number of ether oxygens (including phenoxy) is 1. The Morgan fingerprint density at radius 1 is 1.30 bits per heavy atom. The highest BCUT2D eigenvalue weighted by atomic mass is 32.1. The number of nitrogens with zero attached hydrogens (tertiary/aromatic N) is 1. The smallest absolute Gasteiger partial charge is 0.303 e. The second-order valence-electron chi connectivity index (χ2n) is 5.22. The summed E-state index contributed by atoms with van der Waals surface area (Å²) < 4.78 is 6.11. The summed E-state index contributed by atoms with van der Waals surface area (Å²) in [7, 11) is 1.59. The molecule has 0 radical (unpaired) electrons. The molecule has 124 valence electrons. The molecule has 7 heteroatoms. The number of carbonyl (C=O) groups excluding carboxylic acids is 1. The van der Waals surface area contributed by atoms with Crippen LogP contribution in [0.1, 0.15) is 31.2 Å². The number of fused-ring (bicyclic) bond motifs is 1. The molecule has 1 aromatic carbocycles. The van der Waals surface area contributed by atoms with Crippen LogP contribution in [0.3, 0.4) is 0 Å². The number of thiazole rings is 1. The van der Waals surface area contributed by atoms with Gasteiger partial charge in [-0.1, -0.05) is 23.8 Å². The second-order valence-corrected chi connectivity index (χ2v) is 6.21. The second kappa shape index (κ2) is 8.47. The zero-order valence-electron chi connectivity index (χ0n) is 13.0. The van der Waals surface area contributed by atoms with Crippen LogP contribution in [-0.2, 0) is 16.0 Å². The number of benzene rings is 1. The standard InChI is InChI=1S/C16H20N2O4S/c1-22-16-18-12-7-6-11(9-13(12)23-16)10-14(19)17-8-4-2-3-5-15(20)21/h6-7,9H,2-5,8,10H2,1H3,(H,17,19)(H,20,21). The molecule has 0 aliphatic carbocycles. The van der Waals surface area contributed by atoms with E-state index in [1.54, 1.807) is 7.11 Å². The van der Waals surface area contributed by atoms with Gasteiger partial charge in [-0.05, 0) is 30.5 Å². The SMILES string of the molecule is COc1nc2ccc(CC(=O)NCCCCCC(=O)O)cc2s1. The van der Waals surface area contributed by atoms with Crippen molar-refractivity contribution in [3.63, 3.8) is 0 Å². The molecule has 0 aliphatic heterocycles. The zero-order valence-corrected chi connectivity index (χ0v) is 13.8. The minimum atomic E-state index is -0.774. The fourth-order valence-corrected chi connectivity index (χ4v) is 3.04. The average molecular weight is 336 g/mol. The Bertz CT molecular complexity index is 684. The number of methoxy groups -OCH3 is 1. The van der Waals surface area contributed by atoms with Crippen LogP contribution < -0.4 is 10.1 Å². The molecule has 0 aliphatic rings. The van der Waals surface area contributed by atoms with Gasteiger partial charge in [-0.3, -0.25) is 9.59 Å². The van der Waals surface area contributed by atoms with Gasteiger partial charge < -0.3 is 15.2 Å². The number of aromatic nitrogens is 1. The number of carboxylic acid groups (broad SMARTS) is 1. The summed E-state index contributed by atoms with van der Waals surface area (Å²) in [5.41, 5.74) is 1.81. The van der Waals surface area contributed by atoms with Crippen molar-refractivity contribution in [3.8, 4) is 5.19 Å². The third-order valence-corrected chi connectivity index (χ3v) is 4.34. The molecular weight excluding hydrogens is 316 g/mol. The first-order valence-electron chi connectivity index (χ1n) is 7.50. The molecule has 6 nitrogen and oxygen atoms in total. The van der Waals surface area contributed by atoms with Gasteiger partial charge in [-0.2, -0.15) is 0 Å². The number of carboxylic acids is 1. The molecule has 0 unspecified atom stereocenters. The maximum Gasteiger partial charge on any atom is 0.303 e. The summed E-state index contributed by atoms with van der Waals surface area (Å²) >= 11 is 1.45. The van der Waals surface area contributed by atoms with Gasteiger partial charge in [0.05, 0.1) is 23.7 Å². The number of rotatable bonds is 9. The van der Waals surface area contributed by atoms with Crippen molar-refractivity contribution in [2.24, 2.45) is 0 Å².